The Bertz CT molecular complexity index is 946. The van der Waals surface area contributed by atoms with Gasteiger partial charge >= 0.3 is 228 Å². The second-order valence-electron chi connectivity index (χ2n) is 16.2. The molecule has 0 radical (unpaired) electrons. The van der Waals surface area contributed by atoms with Gasteiger partial charge in [0, 0.05) is 0 Å². The first kappa shape index (κ1) is 55.2. The molecule has 0 spiro atoms. The number of unbranched alkanes of at least 4 members (excludes halogenated alkanes) is 28. The van der Waals surface area contributed by atoms with Gasteiger partial charge in [-0.05, 0) is 0 Å². The maximum absolute atomic E-state index is 12.9. The molecule has 0 aromatic carbocycles. The van der Waals surface area contributed by atoms with Crippen molar-refractivity contribution in [3.63, 3.8) is 0 Å². The van der Waals surface area contributed by atoms with E-state index in [0.717, 1.165) is 88.5 Å². The van der Waals surface area contributed by atoms with Crippen LogP contribution in [0.3, 0.4) is 0 Å². The fourth-order valence-electron chi connectivity index (χ4n) is 6.98. The summed E-state index contributed by atoms with van der Waals surface area (Å²) in [6, 6.07) is 0. The van der Waals surface area contributed by atoms with Crippen molar-refractivity contribution in [3.05, 3.63) is 24.3 Å². The number of hydrogen-bond acceptors (Lipinski definition) is 8. The summed E-state index contributed by atoms with van der Waals surface area (Å²) in [5.41, 5.74) is 0. The van der Waals surface area contributed by atoms with Crippen molar-refractivity contribution < 1.29 is 34.8 Å². The number of ether oxygens (including phenoxy) is 2. The molecule has 0 saturated carbocycles. The molecule has 0 aromatic heterocycles. The first-order valence-corrected chi connectivity index (χ1v) is 30.3. The van der Waals surface area contributed by atoms with E-state index in [9.17, 15) is 19.2 Å². The zero-order valence-corrected chi connectivity index (χ0v) is 40.4. The number of carbonyl (C=O) groups excluding carboxylic acids is 4. The van der Waals surface area contributed by atoms with Crippen LogP contribution in [0.15, 0.2) is 24.3 Å². The van der Waals surface area contributed by atoms with Crippen LogP contribution in [0.4, 0.5) is 0 Å². The Balaban J connectivity index is 4.44. The number of hydrogen-bond donors (Lipinski definition) is 0. The first-order valence-electron chi connectivity index (χ1n) is 24.0. The van der Waals surface area contributed by atoms with Gasteiger partial charge in [0.25, 0.3) is 0 Å². The van der Waals surface area contributed by atoms with Gasteiger partial charge in [-0.2, -0.15) is 0 Å². The Kier molecular flexibility index (Phi) is 40.9. The van der Waals surface area contributed by atoms with Crippen LogP contribution in [0.1, 0.15) is 233 Å². The second-order valence-corrected chi connectivity index (χ2v) is 25.4. The fraction of sp³-hybridized carbons (Fsp3) is 0.833. The van der Waals surface area contributed by atoms with E-state index in [0.29, 0.717) is 22.1 Å². The predicted octanol–water partition coefficient (Wildman–Crippen LogP) is 14.3. The van der Waals surface area contributed by atoms with Crippen LogP contribution in [0, 0.1) is 0 Å². The van der Waals surface area contributed by atoms with Crippen LogP contribution in [-0.4, -0.2) is 56.3 Å². The molecule has 0 amide bonds. The Hall–Kier alpha value is -1.84. The molecule has 0 bridgehead atoms. The summed E-state index contributed by atoms with van der Waals surface area (Å²) in [5.74, 6) is -2.57. The van der Waals surface area contributed by atoms with E-state index < -0.39 is 43.1 Å². The van der Waals surface area contributed by atoms with Gasteiger partial charge in [-0.1, -0.05) is 129 Å². The smallest absolute Gasteiger partial charge is 0.0654 e. The average Bonchev–Trinajstić information content (AvgIpc) is 3.20. The molecule has 0 atom stereocenters. The van der Waals surface area contributed by atoms with E-state index >= 15 is 0 Å². The summed E-state index contributed by atoms with van der Waals surface area (Å²) in [5, 5.41) is 0. The van der Waals surface area contributed by atoms with E-state index in [-0.39, 0.29) is 0 Å². The second kappa shape index (κ2) is 42.3. The average molecular weight is 912 g/mol. The third-order valence-electron chi connectivity index (χ3n) is 10.6. The first-order chi connectivity index (χ1) is 27.8. The van der Waals surface area contributed by atoms with E-state index in [2.05, 4.69) is 13.8 Å². The summed E-state index contributed by atoms with van der Waals surface area (Å²) >= 11 is -4.28. The third kappa shape index (κ3) is 38.1. The van der Waals surface area contributed by atoms with Gasteiger partial charge in [0.2, 0.25) is 0 Å². The number of carbonyl (C=O) groups is 4. The van der Waals surface area contributed by atoms with Crippen molar-refractivity contribution in [2.75, 3.05) is 13.2 Å². The summed E-state index contributed by atoms with van der Waals surface area (Å²) in [6.45, 7) is 9.21. The van der Waals surface area contributed by atoms with E-state index in [4.69, 9.17) is 15.6 Å². The third-order valence-corrected chi connectivity index (χ3v) is 20.2. The minimum absolute atomic E-state index is 0.318. The molecule has 0 heterocycles. The molecular weight excluding hydrogens is 823 g/mol. The van der Waals surface area contributed by atoms with Crippen molar-refractivity contribution in [1.82, 2.24) is 0 Å². The van der Waals surface area contributed by atoms with Gasteiger partial charge in [0.15, 0.2) is 0 Å². The SMILES string of the molecule is CCCCCCCCCCCCCCCCOC(=O)/C=C/C(=O)[O][Sn]([CH2]CCC)([CH2]CCC)[O]C(=O)/C=C/C(=O)OCCCCCCCCCCCCCCCC. The van der Waals surface area contributed by atoms with Gasteiger partial charge in [0.05, 0.1) is 0 Å². The molecule has 57 heavy (non-hydrogen) atoms. The molecule has 0 aliphatic carbocycles. The van der Waals surface area contributed by atoms with Gasteiger partial charge in [0.1, 0.15) is 0 Å². The molecule has 0 rings (SSSR count). The number of esters is 2. The normalized spacial score (nSPS) is 11.7. The molecular formula is C48H88O8Sn. The summed E-state index contributed by atoms with van der Waals surface area (Å²) < 4.78 is 23.5. The maximum atomic E-state index is 12.9. The predicted molar refractivity (Wildman–Crippen MR) is 238 cm³/mol. The quantitative estimate of drug-likeness (QED) is 0.0258. The molecule has 0 aromatic rings. The molecule has 0 saturated heterocycles. The molecule has 332 valence electrons. The van der Waals surface area contributed by atoms with Crippen molar-refractivity contribution in [2.45, 2.75) is 242 Å². The molecule has 9 heteroatoms. The standard InChI is InChI=1S/2C20H36O4.2C4H9.Sn/c2*1-2-3-4-5-6-7-8-9-10-11-12-13-14-15-18-24-20(23)17-16-19(21)22;2*1-3-4-2;/h2*16-17H,2-15,18H2,1H3,(H,21,22);2*1,3-4H2,2H3;/q;;;;+2/p-2/b2*17-16+;;;. The summed E-state index contributed by atoms with van der Waals surface area (Å²) in [4.78, 5) is 50.5. The van der Waals surface area contributed by atoms with Crippen LogP contribution in [0.2, 0.25) is 8.87 Å². The fourth-order valence-corrected chi connectivity index (χ4v) is 16.6. The van der Waals surface area contributed by atoms with E-state index in [1.807, 2.05) is 13.8 Å². The van der Waals surface area contributed by atoms with Crippen LogP contribution in [-0.2, 0) is 34.8 Å². The summed E-state index contributed by atoms with van der Waals surface area (Å²) in [6.07, 6.45) is 42.7. The van der Waals surface area contributed by atoms with Crippen LogP contribution in [0.5, 0.6) is 0 Å². The zero-order valence-electron chi connectivity index (χ0n) is 37.5. The van der Waals surface area contributed by atoms with E-state index in [1.165, 1.54) is 141 Å². The minimum atomic E-state index is -4.28. The van der Waals surface area contributed by atoms with Crippen LogP contribution >= 0.6 is 0 Å². The molecule has 8 nitrogen and oxygen atoms in total. The molecule has 0 fully saturated rings. The van der Waals surface area contributed by atoms with Gasteiger partial charge in [-0.15, -0.1) is 0 Å². The Morgan fingerprint density at radius 2 is 0.544 bits per heavy atom. The van der Waals surface area contributed by atoms with Gasteiger partial charge in [-0.3, -0.25) is 0 Å². The van der Waals surface area contributed by atoms with Crippen molar-refractivity contribution in [2.24, 2.45) is 0 Å². The zero-order chi connectivity index (χ0) is 41.9. The van der Waals surface area contributed by atoms with Crippen LogP contribution < -0.4 is 0 Å². The molecule has 0 N–H and O–H groups in total. The minimum Gasteiger partial charge on any atom is -0.0654 e. The Labute approximate surface area is 355 Å². The number of rotatable bonds is 42. The molecule has 0 aliphatic heterocycles. The Morgan fingerprint density at radius 1 is 0.316 bits per heavy atom. The monoisotopic (exact) mass is 913 g/mol. The Morgan fingerprint density at radius 3 is 0.807 bits per heavy atom. The van der Waals surface area contributed by atoms with Gasteiger partial charge in [-0.25, -0.2) is 0 Å². The van der Waals surface area contributed by atoms with Crippen molar-refractivity contribution >= 4 is 43.1 Å². The molecule has 0 aliphatic rings. The van der Waals surface area contributed by atoms with Crippen molar-refractivity contribution in [1.29, 1.82) is 0 Å². The molecule has 0 unspecified atom stereocenters. The summed E-state index contributed by atoms with van der Waals surface area (Å²) in [7, 11) is 0. The topological polar surface area (TPSA) is 105 Å². The van der Waals surface area contributed by atoms with E-state index in [1.54, 1.807) is 0 Å². The van der Waals surface area contributed by atoms with Gasteiger partial charge < -0.3 is 0 Å². The van der Waals surface area contributed by atoms with Crippen molar-refractivity contribution in [3.8, 4) is 0 Å². The van der Waals surface area contributed by atoms with Crippen LogP contribution in [0.25, 0.3) is 0 Å².